The van der Waals surface area contributed by atoms with Gasteiger partial charge in [-0.3, -0.25) is 4.79 Å². The Bertz CT molecular complexity index is 166. The second kappa shape index (κ2) is 1.29. The van der Waals surface area contributed by atoms with Crippen molar-refractivity contribution >= 4 is 5.97 Å². The van der Waals surface area contributed by atoms with E-state index in [1.165, 1.54) is 0 Å². The van der Waals surface area contributed by atoms with Crippen molar-refractivity contribution in [3.05, 3.63) is 0 Å². The lowest BCUT2D eigenvalue weighted by atomic mass is 10.1. The lowest BCUT2D eigenvalue weighted by molar-refractivity contribution is -0.144. The van der Waals surface area contributed by atoms with Crippen molar-refractivity contribution in [2.24, 2.45) is 11.3 Å². The van der Waals surface area contributed by atoms with Gasteiger partial charge in [0.05, 0.1) is 18.6 Å². The van der Waals surface area contributed by atoms with Crippen LogP contribution in [-0.2, 0) is 9.53 Å². The van der Waals surface area contributed by atoms with Crippen molar-refractivity contribution in [2.75, 3.05) is 13.2 Å². The molecule has 0 radical (unpaired) electrons. The van der Waals surface area contributed by atoms with Crippen molar-refractivity contribution < 1.29 is 14.6 Å². The predicted octanol–water partition coefficient (Wildman–Crippen LogP) is 0.108. The number of carboxylic acids is 1. The number of carbonyl (C=O) groups is 1. The average Bonchev–Trinajstić information content (AvgIpc) is 2.38. The van der Waals surface area contributed by atoms with Crippen molar-refractivity contribution in [1.29, 1.82) is 0 Å². The Labute approximate surface area is 52.6 Å². The third kappa shape index (κ3) is 0.477. The fourth-order valence-electron chi connectivity index (χ4n) is 1.48. The maximum absolute atomic E-state index is 10.5. The maximum Gasteiger partial charge on any atom is 0.312 e. The predicted molar refractivity (Wildman–Crippen MR) is 29.0 cm³/mol. The van der Waals surface area contributed by atoms with Crippen LogP contribution >= 0.6 is 0 Å². The average molecular weight is 128 g/mol. The number of hydrogen-bond acceptors (Lipinski definition) is 2. The van der Waals surface area contributed by atoms with Crippen molar-refractivity contribution in [2.45, 2.75) is 6.42 Å². The fraction of sp³-hybridized carbons (Fsp3) is 0.833. The van der Waals surface area contributed by atoms with Gasteiger partial charge in [-0.1, -0.05) is 0 Å². The van der Waals surface area contributed by atoms with Crippen LogP contribution < -0.4 is 0 Å². The van der Waals surface area contributed by atoms with E-state index in [0.717, 1.165) is 6.42 Å². The second-order valence-electron chi connectivity index (χ2n) is 2.88. The largest absolute Gasteiger partial charge is 0.481 e. The van der Waals surface area contributed by atoms with Crippen LogP contribution in [0.2, 0.25) is 0 Å². The first-order valence-electron chi connectivity index (χ1n) is 3.07. The van der Waals surface area contributed by atoms with E-state index in [1.54, 1.807) is 0 Å². The Kier molecular flexibility index (Phi) is 0.750. The van der Waals surface area contributed by atoms with E-state index in [1.807, 2.05) is 0 Å². The standard InChI is InChI=1S/C6H8O3/c7-5(8)6-1-4(6)2-9-3-6/h4H,1-3H2,(H,7,8)/t4?,6-/m1/s1. The van der Waals surface area contributed by atoms with Crippen molar-refractivity contribution in [3.63, 3.8) is 0 Å². The Morgan fingerprint density at radius 1 is 1.78 bits per heavy atom. The van der Waals surface area contributed by atoms with Crippen LogP contribution in [-0.4, -0.2) is 24.3 Å². The Hall–Kier alpha value is -0.570. The molecule has 0 amide bonds. The smallest absolute Gasteiger partial charge is 0.312 e. The first kappa shape index (κ1) is 5.23. The fourth-order valence-corrected chi connectivity index (χ4v) is 1.48. The van der Waals surface area contributed by atoms with E-state index in [-0.39, 0.29) is 0 Å². The number of rotatable bonds is 1. The molecular formula is C6H8O3. The van der Waals surface area contributed by atoms with Gasteiger partial charge in [0, 0.05) is 5.92 Å². The summed E-state index contributed by atoms with van der Waals surface area (Å²) in [7, 11) is 0. The zero-order chi connectivity index (χ0) is 6.48. The summed E-state index contributed by atoms with van der Waals surface area (Å²) in [4.78, 5) is 10.5. The third-order valence-corrected chi connectivity index (χ3v) is 2.34. The van der Waals surface area contributed by atoms with Crippen LogP contribution in [0.4, 0.5) is 0 Å². The van der Waals surface area contributed by atoms with E-state index >= 15 is 0 Å². The molecule has 2 aliphatic rings. The molecule has 1 saturated heterocycles. The maximum atomic E-state index is 10.5. The lowest BCUT2D eigenvalue weighted by Gasteiger charge is -2.00. The first-order chi connectivity index (χ1) is 4.26. The summed E-state index contributed by atoms with van der Waals surface area (Å²) in [5.74, 6) is -0.347. The molecule has 1 aliphatic carbocycles. The molecule has 1 saturated carbocycles. The van der Waals surface area contributed by atoms with Crippen LogP contribution in [0.15, 0.2) is 0 Å². The van der Waals surface area contributed by atoms with Crippen LogP contribution in [0.1, 0.15) is 6.42 Å². The highest BCUT2D eigenvalue weighted by atomic mass is 16.5. The van der Waals surface area contributed by atoms with Crippen LogP contribution in [0, 0.1) is 11.3 Å². The van der Waals surface area contributed by atoms with E-state index < -0.39 is 11.4 Å². The zero-order valence-corrected chi connectivity index (χ0v) is 4.96. The zero-order valence-electron chi connectivity index (χ0n) is 4.96. The quantitative estimate of drug-likeness (QED) is 0.545. The molecule has 3 nitrogen and oxygen atoms in total. The van der Waals surface area contributed by atoms with Gasteiger partial charge >= 0.3 is 5.97 Å². The van der Waals surface area contributed by atoms with Gasteiger partial charge in [-0.15, -0.1) is 0 Å². The molecule has 1 N–H and O–H groups in total. The summed E-state index contributed by atoms with van der Waals surface area (Å²) in [5.41, 5.74) is -0.444. The van der Waals surface area contributed by atoms with E-state index in [0.29, 0.717) is 19.1 Å². The molecule has 1 heterocycles. The van der Waals surface area contributed by atoms with Gasteiger partial charge in [-0.2, -0.15) is 0 Å². The Balaban J connectivity index is 2.19. The highest BCUT2D eigenvalue weighted by molar-refractivity contribution is 5.79. The van der Waals surface area contributed by atoms with Crippen molar-refractivity contribution in [3.8, 4) is 0 Å². The molecule has 0 bridgehead atoms. The molecule has 2 atom stereocenters. The summed E-state index contributed by atoms with van der Waals surface area (Å²) in [6.45, 7) is 1.10. The highest BCUT2D eigenvalue weighted by Crippen LogP contribution is 2.56. The summed E-state index contributed by atoms with van der Waals surface area (Å²) < 4.78 is 4.99. The van der Waals surface area contributed by atoms with Gasteiger partial charge in [-0.25, -0.2) is 0 Å². The van der Waals surface area contributed by atoms with E-state index in [9.17, 15) is 4.79 Å². The minimum Gasteiger partial charge on any atom is -0.481 e. The topological polar surface area (TPSA) is 46.5 Å². The summed E-state index contributed by atoms with van der Waals surface area (Å²) >= 11 is 0. The third-order valence-electron chi connectivity index (χ3n) is 2.34. The van der Waals surface area contributed by atoms with Crippen LogP contribution in [0.3, 0.4) is 0 Å². The minimum absolute atomic E-state index is 0.329. The molecule has 1 unspecified atom stereocenters. The Morgan fingerprint density at radius 2 is 2.56 bits per heavy atom. The highest BCUT2D eigenvalue weighted by Gasteiger charge is 2.64. The van der Waals surface area contributed by atoms with E-state index in [2.05, 4.69) is 0 Å². The number of hydrogen-bond donors (Lipinski definition) is 1. The molecular weight excluding hydrogens is 120 g/mol. The summed E-state index contributed by atoms with van der Waals surface area (Å²) in [6, 6.07) is 0. The molecule has 0 aromatic heterocycles. The molecule has 1 aliphatic heterocycles. The molecule has 9 heavy (non-hydrogen) atoms. The molecule has 2 rings (SSSR count). The molecule has 0 aromatic carbocycles. The molecule has 0 spiro atoms. The van der Waals surface area contributed by atoms with Crippen molar-refractivity contribution in [1.82, 2.24) is 0 Å². The van der Waals surface area contributed by atoms with E-state index in [4.69, 9.17) is 9.84 Å². The number of fused-ring (bicyclic) bond motifs is 1. The number of ether oxygens (including phenoxy) is 1. The lowest BCUT2D eigenvalue weighted by Crippen LogP contribution is -2.18. The number of aliphatic carboxylic acids is 1. The van der Waals surface area contributed by atoms with Gasteiger partial charge in [0.15, 0.2) is 0 Å². The summed E-state index contributed by atoms with van der Waals surface area (Å²) in [6.07, 6.45) is 0.836. The van der Waals surface area contributed by atoms with Crippen LogP contribution in [0.5, 0.6) is 0 Å². The Morgan fingerprint density at radius 3 is 2.78 bits per heavy atom. The van der Waals surface area contributed by atoms with Gasteiger partial charge < -0.3 is 9.84 Å². The SMILES string of the molecule is O=C(O)[C@]12COCC1C2. The first-order valence-corrected chi connectivity index (χ1v) is 3.07. The number of carboxylic acid groups (broad SMARTS) is 1. The molecule has 2 fully saturated rings. The molecule has 0 aromatic rings. The molecule has 50 valence electrons. The monoisotopic (exact) mass is 128 g/mol. The summed E-state index contributed by atoms with van der Waals surface area (Å²) in [5, 5.41) is 8.63. The van der Waals surface area contributed by atoms with Gasteiger partial charge in [0.2, 0.25) is 0 Å². The van der Waals surface area contributed by atoms with Gasteiger partial charge in [0.1, 0.15) is 0 Å². The second-order valence-corrected chi connectivity index (χ2v) is 2.88. The van der Waals surface area contributed by atoms with Crippen LogP contribution in [0.25, 0.3) is 0 Å². The molecule has 3 heteroatoms. The van der Waals surface area contributed by atoms with Gasteiger partial charge in [-0.05, 0) is 6.42 Å². The van der Waals surface area contributed by atoms with Gasteiger partial charge in [0.25, 0.3) is 0 Å². The normalized spacial score (nSPS) is 46.4. The minimum atomic E-state index is -0.676.